The van der Waals surface area contributed by atoms with E-state index in [9.17, 15) is 0 Å². The van der Waals surface area contributed by atoms with Gasteiger partial charge in [-0.25, -0.2) is 0 Å². The van der Waals surface area contributed by atoms with Crippen LogP contribution in [-0.4, -0.2) is 7.05 Å². The number of thiophene rings is 1. The molecule has 1 aliphatic carbocycles. The van der Waals surface area contributed by atoms with Crippen LogP contribution in [0.15, 0.2) is 35.7 Å². The third-order valence-electron chi connectivity index (χ3n) is 3.84. The van der Waals surface area contributed by atoms with E-state index in [1.165, 1.54) is 29.7 Å². The van der Waals surface area contributed by atoms with Gasteiger partial charge in [0.25, 0.3) is 0 Å². The molecule has 1 N–H and O–H groups in total. The molecule has 1 heterocycles. The third kappa shape index (κ3) is 2.36. The fourth-order valence-electron chi connectivity index (χ4n) is 2.82. The molecule has 1 aromatic carbocycles. The molecule has 0 bridgehead atoms. The summed E-state index contributed by atoms with van der Waals surface area (Å²) in [7, 11) is 2.05. The van der Waals surface area contributed by atoms with Crippen molar-refractivity contribution >= 4 is 11.3 Å². The van der Waals surface area contributed by atoms with Crippen LogP contribution in [0.2, 0.25) is 0 Å². The van der Waals surface area contributed by atoms with Crippen LogP contribution in [-0.2, 0) is 19.3 Å². The highest BCUT2D eigenvalue weighted by Crippen LogP contribution is 2.26. The van der Waals surface area contributed by atoms with E-state index < -0.39 is 0 Å². The van der Waals surface area contributed by atoms with Crippen molar-refractivity contribution in [2.45, 2.75) is 31.7 Å². The summed E-state index contributed by atoms with van der Waals surface area (Å²) in [6.45, 7) is 0. The van der Waals surface area contributed by atoms with Gasteiger partial charge < -0.3 is 5.32 Å². The summed E-state index contributed by atoms with van der Waals surface area (Å²) in [6.07, 6.45) is 4.96. The van der Waals surface area contributed by atoms with Crippen LogP contribution in [0, 0.1) is 0 Å². The molecular weight excluding hydrogens is 238 g/mol. The van der Waals surface area contributed by atoms with E-state index in [4.69, 9.17) is 0 Å². The van der Waals surface area contributed by atoms with Gasteiger partial charge in [0.05, 0.1) is 0 Å². The van der Waals surface area contributed by atoms with Gasteiger partial charge in [-0.1, -0.05) is 24.3 Å². The summed E-state index contributed by atoms with van der Waals surface area (Å²) >= 11 is 1.84. The zero-order chi connectivity index (χ0) is 12.4. The Balaban J connectivity index is 1.79. The van der Waals surface area contributed by atoms with E-state index in [0.29, 0.717) is 6.04 Å². The summed E-state index contributed by atoms with van der Waals surface area (Å²) in [5.74, 6) is 0. The highest BCUT2D eigenvalue weighted by atomic mass is 32.1. The minimum Gasteiger partial charge on any atom is -0.312 e. The molecule has 0 aliphatic heterocycles. The highest BCUT2D eigenvalue weighted by Gasteiger charge is 2.14. The lowest BCUT2D eigenvalue weighted by Crippen LogP contribution is -2.17. The Morgan fingerprint density at radius 1 is 1.22 bits per heavy atom. The van der Waals surface area contributed by atoms with Crippen molar-refractivity contribution in [2.75, 3.05) is 7.05 Å². The molecule has 1 unspecified atom stereocenters. The number of rotatable bonds is 4. The van der Waals surface area contributed by atoms with E-state index in [0.717, 1.165) is 6.42 Å². The van der Waals surface area contributed by atoms with Crippen LogP contribution < -0.4 is 5.32 Å². The van der Waals surface area contributed by atoms with Crippen LogP contribution in [0.25, 0.3) is 0 Å². The van der Waals surface area contributed by atoms with Crippen LogP contribution in [0.4, 0.5) is 0 Å². The summed E-state index contributed by atoms with van der Waals surface area (Å²) in [4.78, 5) is 1.43. The van der Waals surface area contributed by atoms with Crippen molar-refractivity contribution in [2.24, 2.45) is 0 Å². The second-order valence-corrected chi connectivity index (χ2v) is 6.00. The number of hydrogen-bond acceptors (Lipinski definition) is 2. The Labute approximate surface area is 113 Å². The summed E-state index contributed by atoms with van der Waals surface area (Å²) < 4.78 is 0. The van der Waals surface area contributed by atoms with Crippen molar-refractivity contribution in [3.63, 3.8) is 0 Å². The maximum Gasteiger partial charge on any atom is 0.0453 e. The lowest BCUT2D eigenvalue weighted by Gasteiger charge is -2.15. The molecular formula is C16H19NS. The smallest absolute Gasteiger partial charge is 0.0453 e. The van der Waals surface area contributed by atoms with Gasteiger partial charge >= 0.3 is 0 Å². The second-order valence-electron chi connectivity index (χ2n) is 5.02. The Hall–Kier alpha value is -1.12. The SMILES string of the molecule is CNC(Cc1ccc2c(c1)CCC2)c1cccs1. The molecule has 1 nitrogen and oxygen atoms in total. The highest BCUT2D eigenvalue weighted by molar-refractivity contribution is 7.10. The fourth-order valence-corrected chi connectivity index (χ4v) is 3.66. The number of nitrogens with one attached hydrogen (secondary N) is 1. The lowest BCUT2D eigenvalue weighted by molar-refractivity contribution is 0.602. The molecule has 2 aromatic rings. The van der Waals surface area contributed by atoms with Gasteiger partial charge in [-0.15, -0.1) is 11.3 Å². The molecule has 0 saturated heterocycles. The third-order valence-corrected chi connectivity index (χ3v) is 4.82. The lowest BCUT2D eigenvalue weighted by atomic mass is 10.0. The van der Waals surface area contributed by atoms with Gasteiger partial charge in [0.1, 0.15) is 0 Å². The number of benzene rings is 1. The van der Waals surface area contributed by atoms with E-state index in [-0.39, 0.29) is 0 Å². The van der Waals surface area contributed by atoms with Gasteiger partial charge in [-0.2, -0.15) is 0 Å². The molecule has 0 fully saturated rings. The number of fused-ring (bicyclic) bond motifs is 1. The topological polar surface area (TPSA) is 12.0 Å². The summed E-state index contributed by atoms with van der Waals surface area (Å²) in [5, 5.41) is 5.59. The fraction of sp³-hybridized carbons (Fsp3) is 0.375. The summed E-state index contributed by atoms with van der Waals surface area (Å²) in [5.41, 5.74) is 4.60. The molecule has 18 heavy (non-hydrogen) atoms. The van der Waals surface area contributed by atoms with Crippen LogP contribution >= 0.6 is 11.3 Å². The van der Waals surface area contributed by atoms with Crippen molar-refractivity contribution in [1.29, 1.82) is 0 Å². The molecule has 1 aliphatic rings. The first-order valence-corrected chi connectivity index (χ1v) is 7.56. The Morgan fingerprint density at radius 2 is 2.11 bits per heavy atom. The summed E-state index contributed by atoms with van der Waals surface area (Å²) in [6, 6.07) is 11.9. The maximum atomic E-state index is 3.43. The molecule has 0 amide bonds. The monoisotopic (exact) mass is 257 g/mol. The van der Waals surface area contributed by atoms with Crippen LogP contribution in [0.3, 0.4) is 0 Å². The first kappa shape index (κ1) is 11.9. The molecule has 0 spiro atoms. The number of likely N-dealkylation sites (N-methyl/N-ethyl adjacent to an activating group) is 1. The first-order valence-electron chi connectivity index (χ1n) is 6.68. The van der Waals surface area contributed by atoms with Crippen molar-refractivity contribution in [3.8, 4) is 0 Å². The quantitative estimate of drug-likeness (QED) is 0.880. The van der Waals surface area contributed by atoms with Crippen LogP contribution in [0.1, 0.15) is 34.0 Å². The first-order chi connectivity index (χ1) is 8.86. The van der Waals surface area contributed by atoms with Gasteiger partial charge in [0.15, 0.2) is 0 Å². The molecule has 0 radical (unpaired) electrons. The Bertz CT molecular complexity index is 516. The maximum absolute atomic E-state index is 3.43. The number of hydrogen-bond donors (Lipinski definition) is 1. The Morgan fingerprint density at radius 3 is 2.89 bits per heavy atom. The molecule has 1 atom stereocenters. The van der Waals surface area contributed by atoms with Gasteiger partial charge in [0, 0.05) is 10.9 Å². The van der Waals surface area contributed by atoms with Crippen LogP contribution in [0.5, 0.6) is 0 Å². The second kappa shape index (κ2) is 5.25. The molecule has 2 heteroatoms. The van der Waals surface area contributed by atoms with Crippen molar-refractivity contribution in [3.05, 3.63) is 57.3 Å². The van der Waals surface area contributed by atoms with E-state index >= 15 is 0 Å². The molecule has 1 aromatic heterocycles. The number of aryl methyl sites for hydroxylation is 2. The van der Waals surface area contributed by atoms with E-state index in [1.54, 1.807) is 11.1 Å². The largest absolute Gasteiger partial charge is 0.312 e. The molecule has 0 saturated carbocycles. The zero-order valence-corrected chi connectivity index (χ0v) is 11.6. The average molecular weight is 257 g/mol. The van der Waals surface area contributed by atoms with Gasteiger partial charge in [-0.3, -0.25) is 0 Å². The standard InChI is InChI=1S/C16H19NS/c1-17-15(16-6-3-9-18-16)11-12-7-8-13-4-2-5-14(13)10-12/h3,6-10,15,17H,2,4-5,11H2,1H3. The van der Waals surface area contributed by atoms with Gasteiger partial charge in [-0.05, 0) is 60.9 Å². The van der Waals surface area contributed by atoms with Crippen molar-refractivity contribution < 1.29 is 0 Å². The predicted molar refractivity (Wildman–Crippen MR) is 78.3 cm³/mol. The van der Waals surface area contributed by atoms with E-state index in [1.807, 2.05) is 11.3 Å². The minimum absolute atomic E-state index is 0.449. The molecule has 94 valence electrons. The predicted octanol–water partition coefficient (Wildman–Crippen LogP) is 3.74. The zero-order valence-electron chi connectivity index (χ0n) is 10.8. The average Bonchev–Trinajstić information content (AvgIpc) is 3.06. The Kier molecular flexibility index (Phi) is 3.48. The minimum atomic E-state index is 0.449. The normalized spacial score (nSPS) is 15.6. The van der Waals surface area contributed by atoms with Gasteiger partial charge in [0.2, 0.25) is 0 Å². The molecule has 3 rings (SSSR count). The van der Waals surface area contributed by atoms with E-state index in [2.05, 4.69) is 48.1 Å². The van der Waals surface area contributed by atoms with Crippen molar-refractivity contribution in [1.82, 2.24) is 5.32 Å².